The summed E-state index contributed by atoms with van der Waals surface area (Å²) in [6, 6.07) is 16.3. The monoisotopic (exact) mass is 435 g/mol. The highest BCUT2D eigenvalue weighted by Crippen LogP contribution is 2.22. The Balaban J connectivity index is 1.39. The number of aliphatic carboxylic acids is 1. The van der Waals surface area contributed by atoms with Crippen molar-refractivity contribution in [1.29, 1.82) is 0 Å². The molecule has 0 spiro atoms. The third-order valence-electron chi connectivity index (χ3n) is 4.93. The summed E-state index contributed by atoms with van der Waals surface area (Å²) in [5.41, 5.74) is 2.70. The van der Waals surface area contributed by atoms with Crippen LogP contribution in [0.15, 0.2) is 66.0 Å². The van der Waals surface area contributed by atoms with Crippen LogP contribution < -0.4 is 5.32 Å². The molecule has 3 N–H and O–H groups in total. The van der Waals surface area contributed by atoms with Crippen molar-refractivity contribution in [2.45, 2.75) is 17.6 Å². The van der Waals surface area contributed by atoms with Gasteiger partial charge in [-0.1, -0.05) is 60.3 Å². The Hall–Kier alpha value is -3.59. The molecule has 0 saturated heterocycles. The number of benzene rings is 2. The van der Waals surface area contributed by atoms with Crippen molar-refractivity contribution in [3.8, 4) is 11.4 Å². The number of carbonyl (C=O) groups excluding carboxylic acids is 1. The molecule has 2 heterocycles. The second-order valence-electron chi connectivity index (χ2n) is 7.04. The van der Waals surface area contributed by atoms with Gasteiger partial charge in [0.2, 0.25) is 5.91 Å². The molecule has 0 aliphatic carbocycles. The maximum absolute atomic E-state index is 12.5. The van der Waals surface area contributed by atoms with E-state index in [0.717, 1.165) is 22.0 Å². The van der Waals surface area contributed by atoms with Crippen LogP contribution in [-0.4, -0.2) is 48.5 Å². The molecule has 1 amide bonds. The number of amides is 1. The number of thioether (sulfide) groups is 1. The lowest BCUT2D eigenvalue weighted by Crippen LogP contribution is -2.43. The lowest BCUT2D eigenvalue weighted by atomic mass is 10.1. The molecule has 0 bridgehead atoms. The molecule has 4 aromatic rings. The molecule has 0 aliphatic rings. The molecule has 158 valence electrons. The van der Waals surface area contributed by atoms with Crippen molar-refractivity contribution >= 4 is 34.5 Å². The van der Waals surface area contributed by atoms with Gasteiger partial charge in [-0.15, -0.1) is 10.2 Å². The second kappa shape index (κ2) is 9.05. The summed E-state index contributed by atoms with van der Waals surface area (Å²) in [6.07, 6.45) is 1.98. The Labute approximate surface area is 182 Å². The molecule has 0 fully saturated rings. The third-order valence-corrected chi connectivity index (χ3v) is 5.95. The Bertz CT molecular complexity index is 1220. The van der Waals surface area contributed by atoms with Gasteiger partial charge in [-0.2, -0.15) is 0 Å². The first kappa shape index (κ1) is 20.7. The number of para-hydroxylation sites is 1. The molecular weight excluding hydrogens is 414 g/mol. The topological polar surface area (TPSA) is 113 Å². The summed E-state index contributed by atoms with van der Waals surface area (Å²) in [5.74, 6) is -0.709. The average molecular weight is 436 g/mol. The first-order valence-electron chi connectivity index (χ1n) is 9.67. The van der Waals surface area contributed by atoms with Crippen molar-refractivity contribution in [2.75, 3.05) is 5.75 Å². The van der Waals surface area contributed by atoms with Crippen LogP contribution in [0, 0.1) is 0 Å². The maximum atomic E-state index is 12.5. The molecule has 4 rings (SSSR count). The van der Waals surface area contributed by atoms with Gasteiger partial charge in [0.05, 0.1) is 5.75 Å². The lowest BCUT2D eigenvalue weighted by molar-refractivity contribution is -0.141. The minimum absolute atomic E-state index is 0.0401. The highest BCUT2D eigenvalue weighted by Gasteiger charge is 2.22. The zero-order valence-corrected chi connectivity index (χ0v) is 17.6. The first-order chi connectivity index (χ1) is 15.0. The highest BCUT2D eigenvalue weighted by molar-refractivity contribution is 7.99. The second-order valence-corrected chi connectivity index (χ2v) is 7.98. The van der Waals surface area contributed by atoms with E-state index in [1.54, 1.807) is 6.20 Å². The van der Waals surface area contributed by atoms with E-state index in [9.17, 15) is 14.7 Å². The number of rotatable bonds is 8. The number of hydrogen-bond donors (Lipinski definition) is 3. The molecule has 0 radical (unpaired) electrons. The van der Waals surface area contributed by atoms with Crippen LogP contribution >= 0.6 is 11.8 Å². The van der Waals surface area contributed by atoms with Crippen molar-refractivity contribution in [2.24, 2.45) is 7.05 Å². The molecular formula is C22H21N5O3S. The Morgan fingerprint density at radius 3 is 2.65 bits per heavy atom. The number of carbonyl (C=O) groups is 2. The average Bonchev–Trinajstić information content (AvgIpc) is 3.36. The maximum Gasteiger partial charge on any atom is 0.326 e. The van der Waals surface area contributed by atoms with Crippen LogP contribution in [0.2, 0.25) is 0 Å². The van der Waals surface area contributed by atoms with Crippen molar-refractivity contribution in [3.05, 3.63) is 66.4 Å². The Morgan fingerprint density at radius 2 is 1.87 bits per heavy atom. The lowest BCUT2D eigenvalue weighted by Gasteiger charge is -2.14. The molecule has 2 aromatic carbocycles. The van der Waals surface area contributed by atoms with E-state index in [0.29, 0.717) is 11.0 Å². The van der Waals surface area contributed by atoms with Crippen molar-refractivity contribution in [1.82, 2.24) is 25.1 Å². The van der Waals surface area contributed by atoms with E-state index in [1.807, 2.05) is 66.2 Å². The third kappa shape index (κ3) is 4.61. The highest BCUT2D eigenvalue weighted by atomic mass is 32.2. The Kier molecular flexibility index (Phi) is 6.03. The van der Waals surface area contributed by atoms with Crippen LogP contribution in [0.5, 0.6) is 0 Å². The van der Waals surface area contributed by atoms with Gasteiger partial charge in [0.15, 0.2) is 11.0 Å². The van der Waals surface area contributed by atoms with Crippen LogP contribution in [0.1, 0.15) is 5.56 Å². The number of carboxylic acids is 1. The van der Waals surface area contributed by atoms with Gasteiger partial charge in [0, 0.05) is 36.1 Å². The quantitative estimate of drug-likeness (QED) is 0.367. The standard InChI is InChI=1S/C22H21N5O3S/c1-27-20(14-7-3-2-4-8-14)25-26-22(27)31-13-19(28)24-18(21(29)30)11-15-12-23-17-10-6-5-9-16(15)17/h2-10,12,18,23H,11,13H2,1H3,(H,24,28)(H,29,30). The summed E-state index contributed by atoms with van der Waals surface area (Å²) in [7, 11) is 1.83. The summed E-state index contributed by atoms with van der Waals surface area (Å²) < 4.78 is 1.81. The SMILES string of the molecule is Cn1c(SCC(=O)NC(Cc2c[nH]c3ccccc23)C(=O)O)nnc1-c1ccccc1. The molecule has 1 unspecified atom stereocenters. The largest absolute Gasteiger partial charge is 0.480 e. The minimum atomic E-state index is -1.08. The van der Waals surface area contributed by atoms with Crippen LogP contribution in [0.3, 0.4) is 0 Å². The van der Waals surface area contributed by atoms with Gasteiger partial charge in [0.1, 0.15) is 6.04 Å². The van der Waals surface area contributed by atoms with Gasteiger partial charge in [-0.3, -0.25) is 4.79 Å². The number of carboxylic acid groups (broad SMARTS) is 1. The molecule has 0 saturated carbocycles. The number of hydrogen-bond acceptors (Lipinski definition) is 5. The van der Waals surface area contributed by atoms with Crippen LogP contribution in [-0.2, 0) is 23.1 Å². The van der Waals surface area contributed by atoms with Gasteiger partial charge < -0.3 is 20.0 Å². The number of H-pyrrole nitrogens is 1. The van der Waals surface area contributed by atoms with Gasteiger partial charge >= 0.3 is 5.97 Å². The summed E-state index contributed by atoms with van der Waals surface area (Å²) in [4.78, 5) is 27.3. The fraction of sp³-hybridized carbons (Fsp3) is 0.182. The molecule has 9 heteroatoms. The van der Waals surface area contributed by atoms with Gasteiger partial charge in [0.25, 0.3) is 0 Å². The molecule has 31 heavy (non-hydrogen) atoms. The first-order valence-corrected chi connectivity index (χ1v) is 10.7. The molecule has 1 atom stereocenters. The van der Waals surface area contributed by atoms with E-state index in [-0.39, 0.29) is 18.1 Å². The molecule has 0 aliphatic heterocycles. The van der Waals surface area contributed by atoms with E-state index < -0.39 is 12.0 Å². The summed E-state index contributed by atoms with van der Waals surface area (Å²) >= 11 is 1.21. The van der Waals surface area contributed by atoms with Crippen molar-refractivity contribution in [3.63, 3.8) is 0 Å². The van der Waals surface area contributed by atoms with Gasteiger partial charge in [-0.05, 0) is 11.6 Å². The normalized spacial score (nSPS) is 12.0. The zero-order chi connectivity index (χ0) is 21.8. The number of fused-ring (bicyclic) bond motifs is 1. The minimum Gasteiger partial charge on any atom is -0.480 e. The van der Waals surface area contributed by atoms with Gasteiger partial charge in [-0.25, -0.2) is 4.79 Å². The number of nitrogens with one attached hydrogen (secondary N) is 2. The predicted molar refractivity (Wildman–Crippen MR) is 119 cm³/mol. The molecule has 8 nitrogen and oxygen atoms in total. The summed E-state index contributed by atoms with van der Waals surface area (Å²) in [5, 5.41) is 22.1. The van der Waals surface area contributed by atoms with E-state index >= 15 is 0 Å². The summed E-state index contributed by atoms with van der Waals surface area (Å²) in [6.45, 7) is 0. The van der Waals surface area contributed by atoms with Crippen LogP contribution in [0.25, 0.3) is 22.3 Å². The Morgan fingerprint density at radius 1 is 1.13 bits per heavy atom. The number of nitrogens with zero attached hydrogens (tertiary/aromatic N) is 3. The van der Waals surface area contributed by atoms with E-state index in [4.69, 9.17) is 0 Å². The molecule has 2 aromatic heterocycles. The number of aromatic nitrogens is 4. The smallest absolute Gasteiger partial charge is 0.326 e. The van der Waals surface area contributed by atoms with Crippen molar-refractivity contribution < 1.29 is 14.7 Å². The fourth-order valence-corrected chi connectivity index (χ4v) is 4.09. The van der Waals surface area contributed by atoms with E-state index in [1.165, 1.54) is 11.8 Å². The predicted octanol–water partition coefficient (Wildman–Crippen LogP) is 2.87. The van der Waals surface area contributed by atoms with E-state index in [2.05, 4.69) is 20.5 Å². The zero-order valence-electron chi connectivity index (χ0n) is 16.8. The van der Waals surface area contributed by atoms with Crippen LogP contribution in [0.4, 0.5) is 0 Å². The fourth-order valence-electron chi connectivity index (χ4n) is 3.37. The number of aromatic amines is 1.